The molecule has 0 saturated heterocycles. The van der Waals surface area contributed by atoms with Gasteiger partial charge >= 0.3 is 5.97 Å². The Balaban J connectivity index is 2.63. The summed E-state index contributed by atoms with van der Waals surface area (Å²) in [6, 6.07) is 4.66. The second-order valence-electron chi connectivity index (χ2n) is 3.52. The van der Waals surface area contributed by atoms with Crippen LogP contribution in [0.4, 0.5) is 4.39 Å². The first-order chi connectivity index (χ1) is 8.08. The molecule has 0 heterocycles. The quantitative estimate of drug-likeness (QED) is 0.852. The third-order valence-corrected chi connectivity index (χ3v) is 3.75. The molecular formula is C12H15FO3S. The highest BCUT2D eigenvalue weighted by Gasteiger charge is 2.15. The fourth-order valence-electron chi connectivity index (χ4n) is 1.36. The highest BCUT2D eigenvalue weighted by molar-refractivity contribution is 7.99. The number of carbonyl (C=O) groups is 1. The standard InChI is InChI=1S/C12H15FO3S/c1-3-11(12(14)15)17-7-8-4-5-10(16-2)9(13)6-8/h4-6,11H,3,7H2,1-2H3,(H,14,15). The monoisotopic (exact) mass is 258 g/mol. The summed E-state index contributed by atoms with van der Waals surface area (Å²) in [7, 11) is 1.41. The first kappa shape index (κ1) is 13.8. The molecule has 5 heteroatoms. The molecule has 0 bridgehead atoms. The number of carboxylic acid groups (broad SMARTS) is 1. The predicted octanol–water partition coefficient (Wildman–Crippen LogP) is 2.93. The Hall–Kier alpha value is -1.23. The summed E-state index contributed by atoms with van der Waals surface area (Å²) >= 11 is 1.30. The van der Waals surface area contributed by atoms with E-state index in [9.17, 15) is 9.18 Å². The van der Waals surface area contributed by atoms with Crippen molar-refractivity contribution >= 4 is 17.7 Å². The maximum absolute atomic E-state index is 13.4. The van der Waals surface area contributed by atoms with Crippen LogP contribution in [-0.2, 0) is 10.5 Å². The predicted molar refractivity (Wildman–Crippen MR) is 66.0 cm³/mol. The van der Waals surface area contributed by atoms with Gasteiger partial charge in [-0.3, -0.25) is 4.79 Å². The van der Waals surface area contributed by atoms with Crippen molar-refractivity contribution in [3.63, 3.8) is 0 Å². The third kappa shape index (κ3) is 3.93. The summed E-state index contributed by atoms with van der Waals surface area (Å²) < 4.78 is 18.2. The number of thioether (sulfide) groups is 1. The lowest BCUT2D eigenvalue weighted by atomic mass is 10.2. The Morgan fingerprint density at radius 3 is 2.76 bits per heavy atom. The van der Waals surface area contributed by atoms with Crippen LogP contribution in [0.15, 0.2) is 18.2 Å². The first-order valence-electron chi connectivity index (χ1n) is 5.25. The minimum Gasteiger partial charge on any atom is -0.494 e. The molecule has 0 aliphatic carbocycles. The Morgan fingerprint density at radius 1 is 1.59 bits per heavy atom. The summed E-state index contributed by atoms with van der Waals surface area (Å²) in [6.45, 7) is 1.82. The van der Waals surface area contributed by atoms with Crippen molar-refractivity contribution in [2.24, 2.45) is 0 Å². The summed E-state index contributed by atoms with van der Waals surface area (Å²) in [4.78, 5) is 10.8. The number of methoxy groups -OCH3 is 1. The molecule has 1 aromatic carbocycles. The van der Waals surface area contributed by atoms with E-state index < -0.39 is 17.0 Å². The van der Waals surface area contributed by atoms with E-state index in [0.717, 1.165) is 5.56 Å². The molecule has 0 aromatic heterocycles. The van der Waals surface area contributed by atoms with Gasteiger partial charge in [0.15, 0.2) is 11.6 Å². The molecule has 17 heavy (non-hydrogen) atoms. The van der Waals surface area contributed by atoms with E-state index in [0.29, 0.717) is 12.2 Å². The number of ether oxygens (including phenoxy) is 1. The lowest BCUT2D eigenvalue weighted by molar-refractivity contribution is -0.136. The molecule has 1 unspecified atom stereocenters. The fourth-order valence-corrected chi connectivity index (χ4v) is 2.31. The van der Waals surface area contributed by atoms with E-state index in [1.165, 1.54) is 24.9 Å². The summed E-state index contributed by atoms with van der Waals surface area (Å²) in [5, 5.41) is 8.43. The minimum atomic E-state index is -0.827. The van der Waals surface area contributed by atoms with E-state index in [1.54, 1.807) is 12.1 Å². The minimum absolute atomic E-state index is 0.198. The molecule has 0 fully saturated rings. The molecule has 0 radical (unpaired) electrons. The molecule has 1 N–H and O–H groups in total. The molecule has 0 spiro atoms. The van der Waals surface area contributed by atoms with Crippen molar-refractivity contribution in [2.75, 3.05) is 7.11 Å². The van der Waals surface area contributed by atoms with Gasteiger partial charge in [0.05, 0.1) is 7.11 Å². The number of aliphatic carboxylic acids is 1. The fraction of sp³-hybridized carbons (Fsp3) is 0.417. The maximum atomic E-state index is 13.4. The highest BCUT2D eigenvalue weighted by atomic mass is 32.2. The zero-order valence-corrected chi connectivity index (χ0v) is 10.6. The van der Waals surface area contributed by atoms with Crippen molar-refractivity contribution in [3.8, 4) is 5.75 Å². The average molecular weight is 258 g/mol. The Labute approximate surface area is 104 Å². The van der Waals surface area contributed by atoms with Crippen LogP contribution >= 0.6 is 11.8 Å². The first-order valence-corrected chi connectivity index (χ1v) is 6.30. The number of hydrogen-bond donors (Lipinski definition) is 1. The molecule has 0 aliphatic rings. The van der Waals surface area contributed by atoms with Crippen LogP contribution in [0.1, 0.15) is 18.9 Å². The Kier molecular flexibility index (Phi) is 5.28. The number of carboxylic acids is 1. The number of halogens is 1. The Bertz CT molecular complexity index is 395. The van der Waals surface area contributed by atoms with Gasteiger partial charge in [-0.05, 0) is 24.1 Å². The number of benzene rings is 1. The zero-order valence-electron chi connectivity index (χ0n) is 9.77. The molecule has 1 aromatic rings. The van der Waals surface area contributed by atoms with Crippen molar-refractivity contribution in [1.29, 1.82) is 0 Å². The molecular weight excluding hydrogens is 243 g/mol. The van der Waals surface area contributed by atoms with Gasteiger partial charge in [-0.25, -0.2) is 4.39 Å². The number of rotatable bonds is 6. The van der Waals surface area contributed by atoms with Crippen LogP contribution in [0, 0.1) is 5.82 Å². The molecule has 94 valence electrons. The van der Waals surface area contributed by atoms with Crippen molar-refractivity contribution in [3.05, 3.63) is 29.6 Å². The van der Waals surface area contributed by atoms with Crippen LogP contribution in [0.25, 0.3) is 0 Å². The van der Waals surface area contributed by atoms with Gasteiger partial charge in [0.1, 0.15) is 5.25 Å². The van der Waals surface area contributed by atoms with Crippen molar-refractivity contribution in [2.45, 2.75) is 24.3 Å². The zero-order chi connectivity index (χ0) is 12.8. The van der Waals surface area contributed by atoms with Gasteiger partial charge < -0.3 is 9.84 Å². The van der Waals surface area contributed by atoms with E-state index >= 15 is 0 Å². The largest absolute Gasteiger partial charge is 0.494 e. The SMILES string of the molecule is CCC(SCc1ccc(OC)c(F)c1)C(=O)O. The molecule has 0 saturated carbocycles. The molecule has 0 aliphatic heterocycles. The lowest BCUT2D eigenvalue weighted by Crippen LogP contribution is -2.15. The van der Waals surface area contributed by atoms with Gasteiger partial charge in [0, 0.05) is 5.75 Å². The third-order valence-electron chi connectivity index (χ3n) is 2.31. The van der Waals surface area contributed by atoms with Crippen LogP contribution in [0.2, 0.25) is 0 Å². The summed E-state index contributed by atoms with van der Waals surface area (Å²) in [6.07, 6.45) is 0.554. The second-order valence-corrected chi connectivity index (χ2v) is 4.71. The summed E-state index contributed by atoms with van der Waals surface area (Å²) in [5.74, 6) is -0.574. The smallest absolute Gasteiger partial charge is 0.316 e. The van der Waals surface area contributed by atoms with Crippen LogP contribution < -0.4 is 4.74 Å². The highest BCUT2D eigenvalue weighted by Crippen LogP contribution is 2.24. The Morgan fingerprint density at radius 2 is 2.29 bits per heavy atom. The topological polar surface area (TPSA) is 46.5 Å². The maximum Gasteiger partial charge on any atom is 0.316 e. The average Bonchev–Trinajstić information content (AvgIpc) is 2.29. The van der Waals surface area contributed by atoms with Crippen LogP contribution in [-0.4, -0.2) is 23.4 Å². The van der Waals surface area contributed by atoms with Crippen LogP contribution in [0.3, 0.4) is 0 Å². The van der Waals surface area contributed by atoms with Gasteiger partial charge in [0.25, 0.3) is 0 Å². The van der Waals surface area contributed by atoms with E-state index in [2.05, 4.69) is 0 Å². The number of hydrogen-bond acceptors (Lipinski definition) is 3. The van der Waals surface area contributed by atoms with E-state index in [-0.39, 0.29) is 5.75 Å². The van der Waals surface area contributed by atoms with Gasteiger partial charge in [-0.2, -0.15) is 0 Å². The second kappa shape index (κ2) is 6.49. The van der Waals surface area contributed by atoms with E-state index in [4.69, 9.17) is 9.84 Å². The lowest BCUT2D eigenvalue weighted by Gasteiger charge is -2.10. The van der Waals surface area contributed by atoms with Gasteiger partial charge in [0.2, 0.25) is 0 Å². The van der Waals surface area contributed by atoms with Crippen molar-refractivity contribution < 1.29 is 19.0 Å². The van der Waals surface area contributed by atoms with Gasteiger partial charge in [-0.1, -0.05) is 13.0 Å². The summed E-state index contributed by atoms with van der Waals surface area (Å²) in [5.41, 5.74) is 0.757. The molecule has 3 nitrogen and oxygen atoms in total. The van der Waals surface area contributed by atoms with Crippen molar-refractivity contribution in [1.82, 2.24) is 0 Å². The molecule has 1 atom stereocenters. The van der Waals surface area contributed by atoms with E-state index in [1.807, 2.05) is 6.92 Å². The molecule has 1 rings (SSSR count). The van der Waals surface area contributed by atoms with Crippen LogP contribution in [0.5, 0.6) is 5.75 Å². The normalized spacial score (nSPS) is 12.2. The van der Waals surface area contributed by atoms with Gasteiger partial charge in [-0.15, -0.1) is 11.8 Å². The molecule has 0 amide bonds.